The van der Waals surface area contributed by atoms with E-state index in [-0.39, 0.29) is 10.7 Å². The fraction of sp³-hybridized carbons (Fsp3) is 0.0833. The minimum Gasteiger partial charge on any atom is -0.494 e. The minimum absolute atomic E-state index is 0.166. The van der Waals surface area contributed by atoms with E-state index in [0.717, 1.165) is 0 Å². The number of anilines is 2. The number of nitrogens with one attached hydrogen (secondary N) is 1. The number of aromatic nitrogens is 2. The van der Waals surface area contributed by atoms with Crippen LogP contribution in [-0.2, 0) is 0 Å². The Labute approximate surface area is 114 Å². The first kappa shape index (κ1) is 13.2. The van der Waals surface area contributed by atoms with Gasteiger partial charge >= 0.3 is 0 Å². The first-order valence-electron chi connectivity index (χ1n) is 5.34. The number of nitrogens with zero attached hydrogens (tertiary/aromatic N) is 2. The number of nitrogens with two attached hydrogens (primary N) is 1. The number of rotatable bonds is 4. The van der Waals surface area contributed by atoms with Gasteiger partial charge in [-0.3, -0.25) is 0 Å². The van der Waals surface area contributed by atoms with Crippen LogP contribution in [0, 0.1) is 5.82 Å². The molecule has 3 N–H and O–H groups in total. The van der Waals surface area contributed by atoms with Crippen LogP contribution >= 0.6 is 12.2 Å². The summed E-state index contributed by atoms with van der Waals surface area (Å²) in [6.45, 7) is 0. The zero-order valence-electron chi connectivity index (χ0n) is 10.1. The Hall–Kier alpha value is -2.28. The lowest BCUT2D eigenvalue weighted by Crippen LogP contribution is -2.13. The summed E-state index contributed by atoms with van der Waals surface area (Å²) in [4.78, 5) is 0.186. The molecule has 0 saturated carbocycles. The average molecular weight is 278 g/mol. The Morgan fingerprint density at radius 1 is 1.42 bits per heavy atom. The molecular formula is C12H11FN4OS. The van der Waals surface area contributed by atoms with Gasteiger partial charge in [0.15, 0.2) is 17.4 Å². The van der Waals surface area contributed by atoms with Gasteiger partial charge in [-0.1, -0.05) is 12.2 Å². The number of ether oxygens (including phenoxy) is 1. The topological polar surface area (TPSA) is 73.1 Å². The Morgan fingerprint density at radius 2 is 2.21 bits per heavy atom. The maximum Gasteiger partial charge on any atom is 0.167 e. The van der Waals surface area contributed by atoms with Crippen molar-refractivity contribution in [1.29, 1.82) is 0 Å². The average Bonchev–Trinajstić information content (AvgIpc) is 2.39. The Kier molecular flexibility index (Phi) is 3.86. The summed E-state index contributed by atoms with van der Waals surface area (Å²) < 4.78 is 18.4. The van der Waals surface area contributed by atoms with E-state index in [9.17, 15) is 4.39 Å². The van der Waals surface area contributed by atoms with Crippen LogP contribution in [0.15, 0.2) is 30.5 Å². The van der Waals surface area contributed by atoms with Crippen LogP contribution in [0.4, 0.5) is 15.9 Å². The van der Waals surface area contributed by atoms with Crippen molar-refractivity contribution >= 4 is 28.7 Å². The maximum absolute atomic E-state index is 13.6. The van der Waals surface area contributed by atoms with Crippen molar-refractivity contribution in [3.05, 3.63) is 41.8 Å². The highest BCUT2D eigenvalue weighted by atomic mass is 32.1. The number of benzene rings is 1. The highest BCUT2D eigenvalue weighted by Crippen LogP contribution is 2.23. The SMILES string of the molecule is COc1ccc(Nc2nnccc2C(N)=S)cc1F. The molecule has 1 aromatic heterocycles. The van der Waals surface area contributed by atoms with Crippen molar-refractivity contribution in [2.75, 3.05) is 12.4 Å². The lowest BCUT2D eigenvalue weighted by Gasteiger charge is -2.10. The van der Waals surface area contributed by atoms with Crippen LogP contribution in [-0.4, -0.2) is 22.3 Å². The van der Waals surface area contributed by atoms with E-state index in [0.29, 0.717) is 17.1 Å². The fourth-order valence-corrected chi connectivity index (χ4v) is 1.67. The van der Waals surface area contributed by atoms with Crippen LogP contribution in [0.1, 0.15) is 5.56 Å². The van der Waals surface area contributed by atoms with Crippen LogP contribution < -0.4 is 15.8 Å². The number of hydrogen-bond acceptors (Lipinski definition) is 5. The molecule has 19 heavy (non-hydrogen) atoms. The molecule has 1 heterocycles. The summed E-state index contributed by atoms with van der Waals surface area (Å²) >= 11 is 4.91. The Balaban J connectivity index is 2.31. The molecule has 2 aromatic rings. The summed E-state index contributed by atoms with van der Waals surface area (Å²) in [6, 6.07) is 6.09. The summed E-state index contributed by atoms with van der Waals surface area (Å²) in [5, 5.41) is 10.5. The van der Waals surface area contributed by atoms with Crippen molar-refractivity contribution in [3.8, 4) is 5.75 Å². The molecule has 0 unspecified atom stereocenters. The second kappa shape index (κ2) is 5.57. The van der Waals surface area contributed by atoms with E-state index in [1.807, 2.05) is 0 Å². The van der Waals surface area contributed by atoms with Crippen molar-refractivity contribution in [1.82, 2.24) is 10.2 Å². The smallest absolute Gasteiger partial charge is 0.167 e. The third-order valence-electron chi connectivity index (χ3n) is 2.40. The Bertz CT molecular complexity index is 620. The van der Waals surface area contributed by atoms with E-state index < -0.39 is 5.82 Å². The molecule has 98 valence electrons. The number of methoxy groups -OCH3 is 1. The van der Waals surface area contributed by atoms with E-state index in [2.05, 4.69) is 15.5 Å². The lowest BCUT2D eigenvalue weighted by atomic mass is 10.2. The monoisotopic (exact) mass is 278 g/mol. The summed E-state index contributed by atoms with van der Waals surface area (Å²) in [5.41, 5.74) is 6.61. The maximum atomic E-state index is 13.6. The van der Waals surface area contributed by atoms with Gasteiger partial charge < -0.3 is 15.8 Å². The Morgan fingerprint density at radius 3 is 2.84 bits per heavy atom. The largest absolute Gasteiger partial charge is 0.494 e. The molecule has 0 bridgehead atoms. The van der Waals surface area contributed by atoms with E-state index in [4.69, 9.17) is 22.7 Å². The van der Waals surface area contributed by atoms with Gasteiger partial charge in [0, 0.05) is 11.8 Å². The third-order valence-corrected chi connectivity index (χ3v) is 2.62. The van der Waals surface area contributed by atoms with Crippen LogP contribution in [0.5, 0.6) is 5.75 Å². The second-order valence-corrected chi connectivity index (χ2v) is 4.07. The highest BCUT2D eigenvalue weighted by Gasteiger charge is 2.09. The van der Waals surface area contributed by atoms with Gasteiger partial charge in [0.1, 0.15) is 4.99 Å². The minimum atomic E-state index is -0.478. The van der Waals surface area contributed by atoms with E-state index in [1.165, 1.54) is 25.4 Å². The van der Waals surface area contributed by atoms with E-state index in [1.54, 1.807) is 12.1 Å². The summed E-state index contributed by atoms with van der Waals surface area (Å²) in [7, 11) is 1.40. The standard InChI is InChI=1S/C12H11FN4OS/c1-18-10-3-2-7(6-9(10)13)16-12-8(11(14)19)4-5-15-17-12/h2-6H,1H3,(H2,14,19)(H,16,17). The summed E-state index contributed by atoms with van der Waals surface area (Å²) in [5.74, 6) is 0.0621. The van der Waals surface area contributed by atoms with Crippen molar-refractivity contribution in [2.45, 2.75) is 0 Å². The normalized spacial score (nSPS) is 10.0. The van der Waals surface area contributed by atoms with Gasteiger partial charge in [-0.25, -0.2) is 4.39 Å². The molecule has 0 fully saturated rings. The van der Waals surface area contributed by atoms with Crippen molar-refractivity contribution < 1.29 is 9.13 Å². The number of hydrogen-bond donors (Lipinski definition) is 2. The molecule has 0 amide bonds. The first-order chi connectivity index (χ1) is 9.11. The summed E-state index contributed by atoms with van der Waals surface area (Å²) in [6.07, 6.45) is 1.48. The predicted molar refractivity (Wildman–Crippen MR) is 74.2 cm³/mol. The van der Waals surface area contributed by atoms with Crippen LogP contribution in [0.25, 0.3) is 0 Å². The second-order valence-electron chi connectivity index (χ2n) is 3.63. The van der Waals surface area contributed by atoms with Crippen molar-refractivity contribution in [2.24, 2.45) is 5.73 Å². The van der Waals surface area contributed by atoms with Gasteiger partial charge in [-0.2, -0.15) is 5.10 Å². The van der Waals surface area contributed by atoms with Gasteiger partial charge in [0.2, 0.25) is 0 Å². The number of thiocarbonyl (C=S) groups is 1. The van der Waals surface area contributed by atoms with Crippen molar-refractivity contribution in [3.63, 3.8) is 0 Å². The van der Waals surface area contributed by atoms with Gasteiger partial charge in [0.25, 0.3) is 0 Å². The molecule has 0 radical (unpaired) electrons. The molecule has 0 spiro atoms. The number of halogens is 1. The molecule has 1 aromatic carbocycles. The molecular weight excluding hydrogens is 267 g/mol. The molecule has 0 atom stereocenters. The molecule has 0 aliphatic carbocycles. The first-order valence-corrected chi connectivity index (χ1v) is 5.74. The molecule has 5 nitrogen and oxygen atoms in total. The zero-order chi connectivity index (χ0) is 13.8. The molecule has 2 rings (SSSR count). The quantitative estimate of drug-likeness (QED) is 0.833. The molecule has 7 heteroatoms. The fourth-order valence-electron chi connectivity index (χ4n) is 1.50. The molecule has 0 saturated heterocycles. The van der Waals surface area contributed by atoms with Gasteiger partial charge in [-0.05, 0) is 18.2 Å². The third kappa shape index (κ3) is 2.94. The lowest BCUT2D eigenvalue weighted by molar-refractivity contribution is 0.386. The molecule has 0 aliphatic heterocycles. The molecule has 0 aliphatic rings. The highest BCUT2D eigenvalue weighted by molar-refractivity contribution is 7.80. The van der Waals surface area contributed by atoms with E-state index >= 15 is 0 Å². The zero-order valence-corrected chi connectivity index (χ0v) is 10.9. The predicted octanol–water partition coefficient (Wildman–Crippen LogP) is 2.00. The van der Waals surface area contributed by atoms with Gasteiger partial charge in [0.05, 0.1) is 18.9 Å². The van der Waals surface area contributed by atoms with Crippen LogP contribution in [0.2, 0.25) is 0 Å². The van der Waals surface area contributed by atoms with Crippen LogP contribution in [0.3, 0.4) is 0 Å². The van der Waals surface area contributed by atoms with Gasteiger partial charge in [-0.15, -0.1) is 5.10 Å².